The highest BCUT2D eigenvalue weighted by atomic mass is 19.4. The monoisotopic (exact) mass is 361 g/mol. The van der Waals surface area contributed by atoms with Crippen LogP contribution in [0.1, 0.15) is 56.1 Å². The maximum absolute atomic E-state index is 12.5. The quantitative estimate of drug-likeness (QED) is 0.296. The molecule has 1 aliphatic rings. The van der Waals surface area contributed by atoms with Crippen molar-refractivity contribution >= 4 is 0 Å². The van der Waals surface area contributed by atoms with Gasteiger partial charge < -0.3 is 0 Å². The number of allylic oxidation sites excluding steroid dienone is 4. The number of halogens is 3. The van der Waals surface area contributed by atoms with Gasteiger partial charge in [0.1, 0.15) is 0 Å². The topological polar surface area (TPSA) is 23.8 Å². The molecule has 0 radical (unpaired) electrons. The van der Waals surface area contributed by atoms with Gasteiger partial charge in [-0.05, 0) is 68.1 Å². The van der Waals surface area contributed by atoms with Gasteiger partial charge in [-0.2, -0.15) is 18.4 Å². The molecule has 0 amide bonds. The third-order valence-electron chi connectivity index (χ3n) is 5.17. The third kappa shape index (κ3) is 7.07. The predicted octanol–water partition coefficient (Wildman–Crippen LogP) is 6.86. The Morgan fingerprint density at radius 2 is 1.69 bits per heavy atom. The summed E-state index contributed by atoms with van der Waals surface area (Å²) in [6.45, 7) is 0. The highest BCUT2D eigenvalue weighted by Crippen LogP contribution is 2.33. The normalized spacial score (nSPS) is 21.3. The van der Waals surface area contributed by atoms with Gasteiger partial charge in [-0.25, -0.2) is 0 Å². The summed E-state index contributed by atoms with van der Waals surface area (Å²) in [7, 11) is 0. The zero-order chi connectivity index (χ0) is 18.8. The molecular weight excluding hydrogens is 335 g/mol. The van der Waals surface area contributed by atoms with Gasteiger partial charge in [0.2, 0.25) is 0 Å². The molecule has 0 spiro atoms. The molecule has 4 heteroatoms. The molecule has 2 rings (SSSR count). The molecule has 0 aliphatic heterocycles. The summed E-state index contributed by atoms with van der Waals surface area (Å²) in [4.78, 5) is 0. The fourth-order valence-electron chi connectivity index (χ4n) is 3.61. The second-order valence-electron chi connectivity index (χ2n) is 7.09. The Kier molecular flexibility index (Phi) is 7.97. The first kappa shape index (κ1) is 20.3. The van der Waals surface area contributed by atoms with Gasteiger partial charge in [0, 0.05) is 6.08 Å². The van der Waals surface area contributed by atoms with Gasteiger partial charge in [-0.1, -0.05) is 43.2 Å². The minimum atomic E-state index is -4.25. The van der Waals surface area contributed by atoms with E-state index in [1.54, 1.807) is 18.2 Å². The number of nitriles is 1. The van der Waals surface area contributed by atoms with Gasteiger partial charge in [0.25, 0.3) is 0 Å². The maximum Gasteiger partial charge on any atom is 0.416 e. The Balaban J connectivity index is 1.62. The molecule has 1 saturated carbocycles. The largest absolute Gasteiger partial charge is 0.416 e. The number of aryl methyl sites for hydroxylation is 1. The average molecular weight is 361 g/mol. The second-order valence-corrected chi connectivity index (χ2v) is 7.09. The van der Waals surface area contributed by atoms with E-state index in [2.05, 4.69) is 6.08 Å². The molecule has 0 saturated heterocycles. The number of nitrogens with zero attached hydrogens (tertiary/aromatic N) is 1. The van der Waals surface area contributed by atoms with Crippen molar-refractivity contribution in [1.82, 2.24) is 0 Å². The van der Waals surface area contributed by atoms with Crippen LogP contribution in [-0.2, 0) is 12.6 Å². The first-order chi connectivity index (χ1) is 12.5. The van der Waals surface area contributed by atoms with Gasteiger partial charge in [0.15, 0.2) is 0 Å². The fourth-order valence-corrected chi connectivity index (χ4v) is 3.61. The van der Waals surface area contributed by atoms with Crippen LogP contribution in [0.3, 0.4) is 0 Å². The van der Waals surface area contributed by atoms with E-state index in [-0.39, 0.29) is 0 Å². The van der Waals surface area contributed by atoms with Crippen LogP contribution < -0.4 is 0 Å². The molecule has 0 N–H and O–H groups in total. The number of rotatable bonds is 7. The van der Waals surface area contributed by atoms with Crippen molar-refractivity contribution in [2.75, 3.05) is 0 Å². The Hall–Kier alpha value is -2.02. The summed E-state index contributed by atoms with van der Waals surface area (Å²) < 4.78 is 37.6. The van der Waals surface area contributed by atoms with Crippen LogP contribution in [0.4, 0.5) is 13.2 Å². The van der Waals surface area contributed by atoms with Crippen molar-refractivity contribution in [3.05, 3.63) is 59.7 Å². The van der Waals surface area contributed by atoms with E-state index in [1.807, 2.05) is 12.1 Å². The van der Waals surface area contributed by atoms with Gasteiger partial charge in [0.05, 0.1) is 11.6 Å². The van der Waals surface area contributed by atoms with E-state index >= 15 is 0 Å². The average Bonchev–Trinajstić information content (AvgIpc) is 2.63. The minimum absolute atomic E-state index is 0.574. The van der Waals surface area contributed by atoms with Crippen LogP contribution in [-0.4, -0.2) is 0 Å². The molecule has 1 aromatic rings. The predicted molar refractivity (Wildman–Crippen MR) is 98.3 cm³/mol. The molecule has 0 bridgehead atoms. The molecule has 140 valence electrons. The van der Waals surface area contributed by atoms with E-state index in [9.17, 15) is 13.2 Å². The zero-order valence-electron chi connectivity index (χ0n) is 15.0. The van der Waals surface area contributed by atoms with Crippen molar-refractivity contribution < 1.29 is 13.2 Å². The lowest BCUT2D eigenvalue weighted by Crippen LogP contribution is -2.13. The fraction of sp³-hybridized carbons (Fsp3) is 0.500. The van der Waals surface area contributed by atoms with Crippen molar-refractivity contribution in [2.24, 2.45) is 11.8 Å². The molecular formula is C22H26F3N. The van der Waals surface area contributed by atoms with Crippen LogP contribution in [0.5, 0.6) is 0 Å². The molecule has 1 fully saturated rings. The standard InChI is InChI=1S/C22H26F3N/c23-22(24,25)21-15-13-20(14-16-21)8-4-3-7-19-11-9-18(10-12-19)6-2-1-5-17-26/h1-2,5-6,13-16,18-19H,3-4,7-12H2. The van der Waals surface area contributed by atoms with Crippen molar-refractivity contribution in [1.29, 1.82) is 5.26 Å². The van der Waals surface area contributed by atoms with E-state index < -0.39 is 11.7 Å². The number of alkyl halides is 3. The summed E-state index contributed by atoms with van der Waals surface area (Å²) in [6, 6.07) is 7.53. The van der Waals surface area contributed by atoms with E-state index in [4.69, 9.17) is 5.26 Å². The number of unbranched alkanes of at least 4 members (excludes halogenated alkanes) is 1. The molecule has 1 nitrogen and oxygen atoms in total. The third-order valence-corrected chi connectivity index (χ3v) is 5.17. The molecule has 0 atom stereocenters. The van der Waals surface area contributed by atoms with Gasteiger partial charge in [-0.15, -0.1) is 0 Å². The number of benzene rings is 1. The zero-order valence-corrected chi connectivity index (χ0v) is 15.0. The summed E-state index contributed by atoms with van der Waals surface area (Å²) >= 11 is 0. The van der Waals surface area contributed by atoms with Gasteiger partial charge in [-0.3, -0.25) is 0 Å². The lowest BCUT2D eigenvalue weighted by molar-refractivity contribution is -0.137. The summed E-state index contributed by atoms with van der Waals surface area (Å²) in [5.41, 5.74) is 0.410. The van der Waals surface area contributed by atoms with Crippen molar-refractivity contribution in [3.63, 3.8) is 0 Å². The number of hydrogen-bond donors (Lipinski definition) is 0. The summed E-state index contributed by atoms with van der Waals surface area (Å²) in [6.07, 6.45) is 12.3. The Labute approximate surface area is 154 Å². The Bertz CT molecular complexity index is 627. The number of hydrogen-bond acceptors (Lipinski definition) is 1. The molecule has 0 unspecified atom stereocenters. The van der Waals surface area contributed by atoms with Crippen LogP contribution in [0.15, 0.2) is 48.6 Å². The van der Waals surface area contributed by atoms with Crippen molar-refractivity contribution in [3.8, 4) is 6.07 Å². The molecule has 0 aromatic heterocycles. The van der Waals surface area contributed by atoms with E-state index in [0.717, 1.165) is 30.7 Å². The van der Waals surface area contributed by atoms with Crippen molar-refractivity contribution in [2.45, 2.75) is 57.5 Å². The van der Waals surface area contributed by atoms with Crippen LogP contribution >= 0.6 is 0 Å². The molecule has 1 aliphatic carbocycles. The lowest BCUT2D eigenvalue weighted by atomic mass is 9.79. The highest BCUT2D eigenvalue weighted by molar-refractivity contribution is 5.24. The Morgan fingerprint density at radius 1 is 1.00 bits per heavy atom. The minimum Gasteiger partial charge on any atom is -0.193 e. The first-order valence-electron chi connectivity index (χ1n) is 9.38. The van der Waals surface area contributed by atoms with Crippen LogP contribution in [0.25, 0.3) is 0 Å². The summed E-state index contributed by atoms with van der Waals surface area (Å²) in [5.74, 6) is 1.41. The van der Waals surface area contributed by atoms with Crippen LogP contribution in [0.2, 0.25) is 0 Å². The second kappa shape index (κ2) is 10.2. The van der Waals surface area contributed by atoms with Gasteiger partial charge >= 0.3 is 6.18 Å². The maximum atomic E-state index is 12.5. The first-order valence-corrected chi connectivity index (χ1v) is 9.38. The molecule has 1 aromatic carbocycles. The van der Waals surface area contributed by atoms with E-state index in [1.165, 1.54) is 50.3 Å². The SMILES string of the molecule is N#CC=CC=CC1CCC(CCCCc2ccc(C(F)(F)F)cc2)CC1. The smallest absolute Gasteiger partial charge is 0.193 e. The lowest BCUT2D eigenvalue weighted by Gasteiger charge is -2.26. The summed E-state index contributed by atoms with van der Waals surface area (Å²) in [5, 5.41) is 8.44. The highest BCUT2D eigenvalue weighted by Gasteiger charge is 2.29. The van der Waals surface area contributed by atoms with E-state index in [0.29, 0.717) is 5.92 Å². The molecule has 26 heavy (non-hydrogen) atoms. The van der Waals surface area contributed by atoms with Crippen LogP contribution in [0, 0.1) is 23.2 Å². The Morgan fingerprint density at radius 3 is 2.31 bits per heavy atom. The molecule has 0 heterocycles.